The second-order valence-corrected chi connectivity index (χ2v) is 6.49. The van der Waals surface area contributed by atoms with Crippen LogP contribution < -0.4 is 4.90 Å². The van der Waals surface area contributed by atoms with Crippen molar-refractivity contribution in [2.24, 2.45) is 0 Å². The lowest BCUT2D eigenvalue weighted by atomic mass is 10.3. The Bertz CT molecular complexity index is 537. The van der Waals surface area contributed by atoms with Crippen LogP contribution in [0.2, 0.25) is 0 Å². The molecule has 0 saturated heterocycles. The summed E-state index contributed by atoms with van der Waals surface area (Å²) in [6.45, 7) is 6.45. The van der Waals surface area contributed by atoms with Crippen LogP contribution >= 0.6 is 0 Å². The fraction of sp³-hybridized carbons (Fsp3) is 0.500. The lowest BCUT2D eigenvalue weighted by Gasteiger charge is -2.22. The maximum atomic E-state index is 11.7. The van der Waals surface area contributed by atoms with E-state index in [4.69, 9.17) is 4.74 Å². The zero-order valence-corrected chi connectivity index (χ0v) is 12.9. The number of nitrogens with zero attached hydrogens (tertiary/aromatic N) is 1. The van der Waals surface area contributed by atoms with Gasteiger partial charge in [0.05, 0.1) is 17.3 Å². The van der Waals surface area contributed by atoms with E-state index in [2.05, 4.69) is 0 Å². The van der Waals surface area contributed by atoms with E-state index in [1.165, 1.54) is 0 Å². The highest BCUT2D eigenvalue weighted by atomic mass is 32.2. The number of anilines is 1. The molecule has 0 unspecified atom stereocenters. The lowest BCUT2D eigenvalue weighted by Crippen LogP contribution is -2.30. The fourth-order valence-electron chi connectivity index (χ4n) is 1.78. The van der Waals surface area contributed by atoms with E-state index >= 15 is 0 Å². The summed E-state index contributed by atoms with van der Waals surface area (Å²) in [7, 11) is -3.19. The quantitative estimate of drug-likeness (QED) is 0.719. The van der Waals surface area contributed by atoms with Gasteiger partial charge in [0, 0.05) is 12.2 Å². The SMILES string of the molecule is CCOC(=O)CN(CC)c1ccc(S(=O)(=O)CC)cc1. The summed E-state index contributed by atoms with van der Waals surface area (Å²) in [6, 6.07) is 6.57. The summed E-state index contributed by atoms with van der Waals surface area (Å²) in [4.78, 5) is 13.6. The van der Waals surface area contributed by atoms with Gasteiger partial charge < -0.3 is 9.64 Å². The second-order valence-electron chi connectivity index (χ2n) is 4.22. The minimum atomic E-state index is -3.19. The average molecular weight is 299 g/mol. The Kier molecular flexibility index (Phi) is 6.01. The summed E-state index contributed by atoms with van der Waals surface area (Å²) in [5.74, 6) is -0.216. The molecule has 20 heavy (non-hydrogen) atoms. The molecule has 0 aliphatic rings. The Labute approximate surface area is 120 Å². The van der Waals surface area contributed by atoms with Gasteiger partial charge in [-0.05, 0) is 38.1 Å². The number of carbonyl (C=O) groups is 1. The van der Waals surface area contributed by atoms with Gasteiger partial charge in [-0.1, -0.05) is 6.92 Å². The predicted molar refractivity (Wildman–Crippen MR) is 78.7 cm³/mol. The minimum absolute atomic E-state index is 0.0761. The first-order chi connectivity index (χ1) is 9.44. The van der Waals surface area contributed by atoms with Gasteiger partial charge in [-0.25, -0.2) is 8.42 Å². The first-order valence-electron chi connectivity index (χ1n) is 6.68. The normalized spacial score (nSPS) is 11.2. The molecule has 0 heterocycles. The molecular weight excluding hydrogens is 278 g/mol. The van der Waals surface area contributed by atoms with Crippen LogP contribution in [0.5, 0.6) is 0 Å². The first kappa shape index (κ1) is 16.5. The number of rotatable bonds is 7. The molecule has 1 aromatic rings. The largest absolute Gasteiger partial charge is 0.465 e. The number of sulfone groups is 1. The highest BCUT2D eigenvalue weighted by Crippen LogP contribution is 2.18. The molecule has 0 aliphatic carbocycles. The fourth-order valence-corrected chi connectivity index (χ4v) is 2.66. The molecule has 5 nitrogen and oxygen atoms in total. The van der Waals surface area contributed by atoms with Gasteiger partial charge in [0.25, 0.3) is 0 Å². The van der Waals surface area contributed by atoms with Crippen LogP contribution in [0.25, 0.3) is 0 Å². The average Bonchev–Trinajstić information content (AvgIpc) is 2.45. The van der Waals surface area contributed by atoms with Gasteiger partial charge in [0.2, 0.25) is 0 Å². The number of ether oxygens (including phenoxy) is 1. The second kappa shape index (κ2) is 7.28. The van der Waals surface area contributed by atoms with Gasteiger partial charge in [-0.2, -0.15) is 0 Å². The maximum Gasteiger partial charge on any atom is 0.325 e. The van der Waals surface area contributed by atoms with Crippen LogP contribution in [0.3, 0.4) is 0 Å². The van der Waals surface area contributed by atoms with Crippen molar-refractivity contribution in [3.8, 4) is 0 Å². The number of benzene rings is 1. The Balaban J connectivity index is 2.88. The molecule has 0 aromatic heterocycles. The smallest absolute Gasteiger partial charge is 0.325 e. The van der Waals surface area contributed by atoms with Crippen molar-refractivity contribution in [2.45, 2.75) is 25.7 Å². The molecule has 0 bridgehead atoms. The Morgan fingerprint density at radius 2 is 1.75 bits per heavy atom. The number of hydrogen-bond donors (Lipinski definition) is 0. The van der Waals surface area contributed by atoms with Crippen LogP contribution in [-0.4, -0.2) is 39.8 Å². The minimum Gasteiger partial charge on any atom is -0.465 e. The number of carbonyl (C=O) groups excluding carboxylic acids is 1. The summed E-state index contributed by atoms with van der Waals surface area (Å²) in [5.41, 5.74) is 0.801. The van der Waals surface area contributed by atoms with Gasteiger partial charge in [-0.3, -0.25) is 4.79 Å². The molecule has 0 fully saturated rings. The molecule has 0 N–H and O–H groups in total. The Morgan fingerprint density at radius 1 is 1.15 bits per heavy atom. The zero-order valence-electron chi connectivity index (χ0n) is 12.1. The molecule has 0 atom stereocenters. The highest BCUT2D eigenvalue weighted by Gasteiger charge is 2.14. The van der Waals surface area contributed by atoms with Gasteiger partial charge in [-0.15, -0.1) is 0 Å². The van der Waals surface area contributed by atoms with Crippen LogP contribution in [0.15, 0.2) is 29.2 Å². The molecule has 0 spiro atoms. The molecule has 0 aliphatic heterocycles. The van der Waals surface area contributed by atoms with Gasteiger partial charge >= 0.3 is 5.97 Å². The highest BCUT2D eigenvalue weighted by molar-refractivity contribution is 7.91. The number of esters is 1. The van der Waals surface area contributed by atoms with Gasteiger partial charge in [0.1, 0.15) is 6.54 Å². The van der Waals surface area contributed by atoms with E-state index in [9.17, 15) is 13.2 Å². The molecular formula is C14H21NO4S. The summed E-state index contributed by atoms with van der Waals surface area (Å²) >= 11 is 0. The van der Waals surface area contributed by atoms with Crippen molar-refractivity contribution < 1.29 is 17.9 Å². The molecule has 1 rings (SSSR count). The predicted octanol–water partition coefficient (Wildman–Crippen LogP) is 1.87. The maximum absolute atomic E-state index is 11.7. The first-order valence-corrected chi connectivity index (χ1v) is 8.33. The molecule has 1 aromatic carbocycles. The van der Waals surface area contributed by atoms with Crippen molar-refractivity contribution in [3.63, 3.8) is 0 Å². The van der Waals surface area contributed by atoms with E-state index in [1.807, 2.05) is 11.8 Å². The van der Waals surface area contributed by atoms with Crippen molar-refractivity contribution in [1.29, 1.82) is 0 Å². The third kappa shape index (κ3) is 4.23. The monoisotopic (exact) mass is 299 g/mol. The van der Waals surface area contributed by atoms with Crippen molar-refractivity contribution >= 4 is 21.5 Å². The van der Waals surface area contributed by atoms with Crippen molar-refractivity contribution in [3.05, 3.63) is 24.3 Å². The van der Waals surface area contributed by atoms with Crippen LogP contribution in [0, 0.1) is 0 Å². The van der Waals surface area contributed by atoms with Crippen molar-refractivity contribution in [2.75, 3.05) is 30.3 Å². The lowest BCUT2D eigenvalue weighted by molar-refractivity contribution is -0.141. The Hall–Kier alpha value is -1.56. The van der Waals surface area contributed by atoms with E-state index in [0.717, 1.165) is 5.69 Å². The zero-order chi connectivity index (χ0) is 15.2. The van der Waals surface area contributed by atoms with E-state index in [1.54, 1.807) is 38.1 Å². The van der Waals surface area contributed by atoms with Crippen LogP contribution in [-0.2, 0) is 19.4 Å². The van der Waals surface area contributed by atoms with E-state index in [-0.39, 0.29) is 18.3 Å². The topological polar surface area (TPSA) is 63.7 Å². The number of likely N-dealkylation sites (N-methyl/N-ethyl adjacent to an activating group) is 1. The molecule has 0 amide bonds. The molecule has 0 radical (unpaired) electrons. The van der Waals surface area contributed by atoms with Crippen LogP contribution in [0.4, 0.5) is 5.69 Å². The van der Waals surface area contributed by atoms with Crippen LogP contribution in [0.1, 0.15) is 20.8 Å². The molecule has 6 heteroatoms. The Morgan fingerprint density at radius 3 is 2.20 bits per heavy atom. The standard InChI is InChI=1S/C14H21NO4S/c1-4-15(11-14(16)19-5-2)12-7-9-13(10-8-12)20(17,18)6-3/h7-10H,4-6,11H2,1-3H3. The van der Waals surface area contributed by atoms with Gasteiger partial charge in [0.15, 0.2) is 9.84 Å². The molecule has 112 valence electrons. The summed E-state index contributed by atoms with van der Waals surface area (Å²) in [5, 5.41) is 0. The third-order valence-corrected chi connectivity index (χ3v) is 4.70. The van der Waals surface area contributed by atoms with E-state index in [0.29, 0.717) is 18.0 Å². The summed E-state index contributed by atoms with van der Waals surface area (Å²) in [6.07, 6.45) is 0. The van der Waals surface area contributed by atoms with E-state index < -0.39 is 9.84 Å². The number of hydrogen-bond acceptors (Lipinski definition) is 5. The summed E-state index contributed by atoms with van der Waals surface area (Å²) < 4.78 is 28.4. The van der Waals surface area contributed by atoms with Crippen molar-refractivity contribution in [1.82, 2.24) is 0 Å². The third-order valence-electron chi connectivity index (χ3n) is 2.95. The molecule has 0 saturated carbocycles.